The van der Waals surface area contributed by atoms with Crippen LogP contribution in [0.25, 0.3) is 0 Å². The van der Waals surface area contributed by atoms with Gasteiger partial charge in [0.1, 0.15) is 0 Å². The molecule has 1 aromatic rings. The molecule has 1 atom stereocenters. The van der Waals surface area contributed by atoms with Crippen LogP contribution in [0.2, 0.25) is 0 Å². The number of rotatable bonds is 5. The third-order valence-electron chi connectivity index (χ3n) is 6.37. The molecule has 1 aliphatic carbocycles. The van der Waals surface area contributed by atoms with Gasteiger partial charge in [0.25, 0.3) is 0 Å². The number of benzene rings is 1. The molecule has 0 radical (unpaired) electrons. The summed E-state index contributed by atoms with van der Waals surface area (Å²) in [7, 11) is 1.69. The zero-order valence-corrected chi connectivity index (χ0v) is 17.7. The second-order valence-corrected chi connectivity index (χ2v) is 8.32. The maximum absolute atomic E-state index is 13.2. The molecule has 1 unspecified atom stereocenters. The Morgan fingerprint density at radius 3 is 2.67 bits per heavy atom. The minimum absolute atomic E-state index is 0.125. The number of nitrogens with one attached hydrogen (secondary N) is 2. The molecule has 1 saturated heterocycles. The summed E-state index contributed by atoms with van der Waals surface area (Å²) in [6.45, 7) is 3.76. The highest BCUT2D eigenvalue weighted by molar-refractivity contribution is 5.80. The molecule has 1 amide bonds. The Morgan fingerprint density at radius 1 is 1.30 bits per heavy atom. The van der Waals surface area contributed by atoms with Crippen LogP contribution in [0.1, 0.15) is 56.6 Å². The number of amides is 1. The summed E-state index contributed by atoms with van der Waals surface area (Å²) < 4.78 is 39.7. The normalized spacial score (nSPS) is 21.7. The zero-order chi connectivity index (χ0) is 21.8. The number of halogens is 3. The van der Waals surface area contributed by atoms with Gasteiger partial charge in [0.2, 0.25) is 5.91 Å². The van der Waals surface area contributed by atoms with Crippen molar-refractivity contribution in [1.82, 2.24) is 15.5 Å². The number of carbonyl (C=O) groups is 1. The maximum Gasteiger partial charge on any atom is 0.416 e. The van der Waals surface area contributed by atoms with E-state index in [1.54, 1.807) is 7.05 Å². The maximum atomic E-state index is 13.2. The number of likely N-dealkylation sites (tertiary alicyclic amines) is 1. The highest BCUT2D eigenvalue weighted by atomic mass is 19.4. The fraction of sp³-hybridized carbons (Fsp3) is 0.636. The van der Waals surface area contributed by atoms with Crippen LogP contribution in [0.3, 0.4) is 0 Å². The molecular weight excluding hydrogens is 393 g/mol. The molecule has 8 heteroatoms. The molecular formula is C22H31F3N4O. The van der Waals surface area contributed by atoms with Gasteiger partial charge in [0, 0.05) is 44.6 Å². The number of nitrogens with zero attached hydrogens (tertiary/aromatic N) is 2. The lowest BCUT2D eigenvalue weighted by Crippen LogP contribution is -2.48. The van der Waals surface area contributed by atoms with E-state index >= 15 is 0 Å². The van der Waals surface area contributed by atoms with Gasteiger partial charge in [-0.2, -0.15) is 13.2 Å². The second kappa shape index (κ2) is 9.27. The summed E-state index contributed by atoms with van der Waals surface area (Å²) in [4.78, 5) is 18.0. The Kier molecular flexibility index (Phi) is 6.93. The van der Waals surface area contributed by atoms with Crippen molar-refractivity contribution in [3.63, 3.8) is 0 Å². The molecule has 5 nitrogen and oxygen atoms in total. The van der Waals surface area contributed by atoms with Crippen molar-refractivity contribution in [3.05, 3.63) is 35.4 Å². The van der Waals surface area contributed by atoms with Gasteiger partial charge in [-0.05, 0) is 30.9 Å². The Hall–Kier alpha value is -2.25. The summed E-state index contributed by atoms with van der Waals surface area (Å²) in [5.74, 6) is 0.778. The van der Waals surface area contributed by atoms with Crippen LogP contribution >= 0.6 is 0 Å². The van der Waals surface area contributed by atoms with Gasteiger partial charge < -0.3 is 15.5 Å². The molecule has 3 rings (SSSR count). The molecule has 1 aliphatic heterocycles. The van der Waals surface area contributed by atoms with Crippen LogP contribution in [0.15, 0.2) is 29.3 Å². The molecule has 1 aromatic carbocycles. The fourth-order valence-electron chi connectivity index (χ4n) is 4.61. The summed E-state index contributed by atoms with van der Waals surface area (Å²) in [6.07, 6.45) is 0.706. The molecule has 0 spiro atoms. The third kappa shape index (κ3) is 5.08. The van der Waals surface area contributed by atoms with Gasteiger partial charge in [0.05, 0.1) is 5.56 Å². The molecule has 166 valence electrons. The van der Waals surface area contributed by atoms with Gasteiger partial charge in [-0.15, -0.1) is 0 Å². The largest absolute Gasteiger partial charge is 0.416 e. The number of hydrogen-bond acceptors (Lipinski definition) is 2. The molecule has 0 bridgehead atoms. The van der Waals surface area contributed by atoms with Crippen LogP contribution in [-0.4, -0.2) is 49.5 Å². The van der Waals surface area contributed by atoms with Crippen molar-refractivity contribution >= 4 is 11.9 Å². The number of aliphatic imine (C=N–C) groups is 1. The summed E-state index contributed by atoms with van der Waals surface area (Å²) >= 11 is 0. The lowest BCUT2D eigenvalue weighted by molar-refractivity contribution is -0.137. The highest BCUT2D eigenvalue weighted by Gasteiger charge is 2.38. The van der Waals surface area contributed by atoms with Gasteiger partial charge in [-0.3, -0.25) is 9.79 Å². The number of alkyl halides is 3. The van der Waals surface area contributed by atoms with E-state index in [1.807, 2.05) is 17.9 Å². The quantitative estimate of drug-likeness (QED) is 0.560. The van der Waals surface area contributed by atoms with E-state index in [0.29, 0.717) is 25.5 Å². The summed E-state index contributed by atoms with van der Waals surface area (Å²) in [6, 6.07) is 5.87. The summed E-state index contributed by atoms with van der Waals surface area (Å²) in [5.41, 5.74) is -0.197. The van der Waals surface area contributed by atoms with Gasteiger partial charge in [-0.1, -0.05) is 38.0 Å². The molecule has 0 aromatic heterocycles. The van der Waals surface area contributed by atoms with E-state index < -0.39 is 11.7 Å². The average molecular weight is 425 g/mol. The van der Waals surface area contributed by atoms with E-state index in [0.717, 1.165) is 50.3 Å². The van der Waals surface area contributed by atoms with Crippen LogP contribution in [0, 0.1) is 0 Å². The molecule has 2 fully saturated rings. The lowest BCUT2D eigenvalue weighted by atomic mass is 9.78. The fourth-order valence-corrected chi connectivity index (χ4v) is 4.61. The number of hydrogen-bond donors (Lipinski definition) is 2. The Morgan fingerprint density at radius 2 is 2.03 bits per heavy atom. The topological polar surface area (TPSA) is 56.7 Å². The minimum atomic E-state index is -4.34. The van der Waals surface area contributed by atoms with Crippen molar-refractivity contribution in [2.75, 3.05) is 26.7 Å². The van der Waals surface area contributed by atoms with Crippen molar-refractivity contribution in [2.45, 2.75) is 63.1 Å². The van der Waals surface area contributed by atoms with E-state index in [9.17, 15) is 18.0 Å². The molecule has 2 aliphatic rings. The Labute approximate surface area is 176 Å². The minimum Gasteiger partial charge on any atom is -0.356 e. The predicted molar refractivity (Wildman–Crippen MR) is 111 cm³/mol. The molecule has 1 heterocycles. The van der Waals surface area contributed by atoms with E-state index in [1.165, 1.54) is 12.1 Å². The third-order valence-corrected chi connectivity index (χ3v) is 6.37. The lowest BCUT2D eigenvalue weighted by Gasteiger charge is -2.32. The highest BCUT2D eigenvalue weighted by Crippen LogP contribution is 2.42. The first kappa shape index (κ1) is 22.4. The van der Waals surface area contributed by atoms with Gasteiger partial charge in [-0.25, -0.2) is 0 Å². The zero-order valence-electron chi connectivity index (χ0n) is 17.7. The smallest absolute Gasteiger partial charge is 0.356 e. The summed E-state index contributed by atoms with van der Waals surface area (Å²) in [5, 5.41) is 6.72. The monoisotopic (exact) mass is 424 g/mol. The van der Waals surface area contributed by atoms with Crippen molar-refractivity contribution in [2.24, 2.45) is 4.99 Å². The van der Waals surface area contributed by atoms with E-state index in [4.69, 9.17) is 0 Å². The first-order chi connectivity index (χ1) is 14.3. The first-order valence-electron chi connectivity index (χ1n) is 10.7. The van der Waals surface area contributed by atoms with Gasteiger partial charge in [0.15, 0.2) is 5.96 Å². The van der Waals surface area contributed by atoms with Crippen molar-refractivity contribution in [1.29, 1.82) is 0 Å². The van der Waals surface area contributed by atoms with Crippen LogP contribution in [0.4, 0.5) is 13.2 Å². The standard InChI is InChI=1S/C22H31F3N4O/c1-3-19(30)29-12-9-18(14-29)28-20(26-2)27-15-21(10-4-5-11-21)16-7-6-8-17(13-16)22(23,24)25/h6-8,13,18H,3-5,9-12,14-15H2,1-2H3,(H2,26,27,28). The Balaban J connectivity index is 1.66. The number of guanidine groups is 1. The number of carbonyl (C=O) groups excluding carboxylic acids is 1. The Bertz CT molecular complexity index is 772. The molecule has 1 saturated carbocycles. The van der Waals surface area contributed by atoms with E-state index in [-0.39, 0.29) is 17.4 Å². The average Bonchev–Trinajstić information content (AvgIpc) is 3.40. The second-order valence-electron chi connectivity index (χ2n) is 8.32. The van der Waals surface area contributed by atoms with Crippen LogP contribution in [0.5, 0.6) is 0 Å². The van der Waals surface area contributed by atoms with E-state index in [2.05, 4.69) is 15.6 Å². The van der Waals surface area contributed by atoms with Gasteiger partial charge >= 0.3 is 6.18 Å². The SMILES string of the molecule is CCC(=O)N1CCC(NC(=NC)NCC2(c3cccc(C(F)(F)F)c3)CCCC2)C1. The van der Waals surface area contributed by atoms with Crippen molar-refractivity contribution in [3.8, 4) is 0 Å². The van der Waals surface area contributed by atoms with Crippen LogP contribution < -0.4 is 10.6 Å². The molecule has 30 heavy (non-hydrogen) atoms. The van der Waals surface area contributed by atoms with Crippen molar-refractivity contribution < 1.29 is 18.0 Å². The molecule has 2 N–H and O–H groups in total. The predicted octanol–water partition coefficient (Wildman–Crippen LogP) is 3.69. The van der Waals surface area contributed by atoms with Crippen LogP contribution in [-0.2, 0) is 16.4 Å². The first-order valence-corrected chi connectivity index (χ1v) is 10.7.